The van der Waals surface area contributed by atoms with E-state index in [0.717, 1.165) is 47.2 Å². The largest absolute Gasteiger partial charge is 0.389 e. The van der Waals surface area contributed by atoms with Gasteiger partial charge in [0.25, 0.3) is 0 Å². The van der Waals surface area contributed by atoms with Crippen LogP contribution in [0.2, 0.25) is 0 Å². The van der Waals surface area contributed by atoms with Crippen molar-refractivity contribution >= 4 is 22.6 Å². The number of hydrogen-bond donors (Lipinski definition) is 3. The van der Waals surface area contributed by atoms with E-state index in [9.17, 15) is 9.90 Å². The average Bonchev–Trinajstić information content (AvgIpc) is 3.16. The van der Waals surface area contributed by atoms with E-state index in [1.165, 1.54) is 0 Å². The first kappa shape index (κ1) is 22.3. The molecular formula is C25H33N5O2. The van der Waals surface area contributed by atoms with Gasteiger partial charge in [0.2, 0.25) is 5.91 Å². The number of rotatable bonds is 7. The maximum Gasteiger partial charge on any atom is 0.223 e. The summed E-state index contributed by atoms with van der Waals surface area (Å²) >= 11 is 0. The van der Waals surface area contributed by atoms with Crippen molar-refractivity contribution < 1.29 is 9.90 Å². The second-order valence-electron chi connectivity index (χ2n) is 9.24. The van der Waals surface area contributed by atoms with E-state index < -0.39 is 5.60 Å². The fourth-order valence-corrected chi connectivity index (χ4v) is 4.66. The highest BCUT2D eigenvalue weighted by Crippen LogP contribution is 2.31. The summed E-state index contributed by atoms with van der Waals surface area (Å²) < 4.78 is 0. The maximum absolute atomic E-state index is 13.1. The van der Waals surface area contributed by atoms with E-state index in [1.807, 2.05) is 56.4 Å². The van der Waals surface area contributed by atoms with Crippen LogP contribution in [0.4, 0.5) is 5.82 Å². The Hall–Kier alpha value is -2.93. The molecule has 0 radical (unpaired) electrons. The lowest BCUT2D eigenvalue weighted by molar-refractivity contribution is -0.128. The van der Waals surface area contributed by atoms with Crippen molar-refractivity contribution in [2.24, 2.45) is 0 Å². The van der Waals surface area contributed by atoms with Gasteiger partial charge in [0.15, 0.2) is 0 Å². The van der Waals surface area contributed by atoms with Crippen LogP contribution < -0.4 is 10.2 Å². The zero-order chi connectivity index (χ0) is 22.7. The van der Waals surface area contributed by atoms with Gasteiger partial charge in [-0.05, 0) is 31.4 Å². The molecule has 1 amide bonds. The number of aromatic amines is 1. The summed E-state index contributed by atoms with van der Waals surface area (Å²) in [5, 5.41) is 15.2. The summed E-state index contributed by atoms with van der Waals surface area (Å²) in [7, 11) is 3.88. The molecule has 4 rings (SSSR count). The number of nitrogens with zero attached hydrogens (tertiary/aromatic N) is 3. The number of carbonyl (C=O) groups is 1. The van der Waals surface area contributed by atoms with Gasteiger partial charge in [-0.3, -0.25) is 4.79 Å². The zero-order valence-corrected chi connectivity index (χ0v) is 19.2. The minimum atomic E-state index is -0.899. The molecule has 3 aromatic rings. The van der Waals surface area contributed by atoms with E-state index in [-0.39, 0.29) is 18.4 Å². The molecule has 1 fully saturated rings. The Balaban J connectivity index is 1.62. The third-order valence-electron chi connectivity index (χ3n) is 6.37. The van der Waals surface area contributed by atoms with E-state index in [2.05, 4.69) is 26.3 Å². The molecule has 1 unspecified atom stereocenters. The van der Waals surface area contributed by atoms with Crippen molar-refractivity contribution in [1.29, 1.82) is 0 Å². The van der Waals surface area contributed by atoms with E-state index in [1.54, 1.807) is 0 Å². The normalized spacial score (nSPS) is 16.6. The van der Waals surface area contributed by atoms with E-state index in [0.29, 0.717) is 25.1 Å². The molecule has 7 heteroatoms. The zero-order valence-electron chi connectivity index (χ0n) is 19.2. The van der Waals surface area contributed by atoms with E-state index >= 15 is 0 Å². The predicted molar refractivity (Wildman–Crippen MR) is 127 cm³/mol. The summed E-state index contributed by atoms with van der Waals surface area (Å²) in [6.07, 6.45) is 7.16. The number of aryl methyl sites for hydroxylation is 1. The molecule has 0 saturated heterocycles. The van der Waals surface area contributed by atoms with Crippen LogP contribution >= 0.6 is 0 Å². The van der Waals surface area contributed by atoms with Crippen molar-refractivity contribution in [2.75, 3.05) is 19.0 Å². The summed E-state index contributed by atoms with van der Waals surface area (Å²) in [5.74, 6) is 1.33. The summed E-state index contributed by atoms with van der Waals surface area (Å²) in [5.41, 5.74) is 2.06. The van der Waals surface area contributed by atoms with Crippen LogP contribution in [-0.4, -0.2) is 45.7 Å². The Morgan fingerprint density at radius 2 is 1.97 bits per heavy atom. The molecule has 0 aliphatic heterocycles. The number of anilines is 1. The van der Waals surface area contributed by atoms with Crippen LogP contribution in [0.3, 0.4) is 0 Å². The van der Waals surface area contributed by atoms with Crippen LogP contribution in [0.25, 0.3) is 10.9 Å². The minimum absolute atomic E-state index is 0.127. The number of aromatic nitrogens is 3. The Kier molecular flexibility index (Phi) is 6.46. The number of carbonyl (C=O) groups excluding carboxylic acids is 1. The quantitative estimate of drug-likeness (QED) is 0.525. The van der Waals surface area contributed by atoms with Gasteiger partial charge in [-0.1, -0.05) is 37.5 Å². The van der Waals surface area contributed by atoms with Crippen molar-refractivity contribution in [3.8, 4) is 0 Å². The van der Waals surface area contributed by atoms with Gasteiger partial charge >= 0.3 is 0 Å². The third-order valence-corrected chi connectivity index (χ3v) is 6.37. The van der Waals surface area contributed by atoms with Crippen molar-refractivity contribution in [1.82, 2.24) is 20.3 Å². The lowest BCUT2D eigenvalue weighted by Gasteiger charge is -2.32. The number of amides is 1. The third kappa shape index (κ3) is 5.10. The smallest absolute Gasteiger partial charge is 0.223 e. The molecule has 0 spiro atoms. The number of nitrogens with one attached hydrogen (secondary N) is 2. The Labute approximate surface area is 189 Å². The van der Waals surface area contributed by atoms with Gasteiger partial charge in [-0.15, -0.1) is 0 Å². The highest BCUT2D eigenvalue weighted by molar-refractivity contribution is 5.83. The predicted octanol–water partition coefficient (Wildman–Crippen LogP) is 3.82. The molecule has 1 aromatic carbocycles. The second kappa shape index (κ2) is 9.28. The second-order valence-corrected chi connectivity index (χ2v) is 9.24. The molecule has 2 aromatic heterocycles. The van der Waals surface area contributed by atoms with Crippen molar-refractivity contribution in [2.45, 2.75) is 63.5 Å². The molecule has 1 atom stereocenters. The number of benzene rings is 1. The van der Waals surface area contributed by atoms with Crippen LogP contribution in [0, 0.1) is 6.92 Å². The molecule has 1 saturated carbocycles. The van der Waals surface area contributed by atoms with E-state index in [4.69, 9.17) is 0 Å². The lowest BCUT2D eigenvalue weighted by Crippen LogP contribution is -2.40. The van der Waals surface area contributed by atoms with Crippen LogP contribution in [0.15, 0.2) is 36.5 Å². The number of para-hydroxylation sites is 1. The van der Waals surface area contributed by atoms with Gasteiger partial charge in [-0.2, -0.15) is 0 Å². The van der Waals surface area contributed by atoms with Gasteiger partial charge in [0.1, 0.15) is 11.6 Å². The first-order chi connectivity index (χ1) is 15.3. The Bertz CT molecular complexity index is 1080. The van der Waals surface area contributed by atoms with Crippen LogP contribution in [-0.2, 0) is 11.2 Å². The standard InChI is InChI=1S/C25H33N5O2/c1-17-27-22(14-23(28-17)30(2)3)21(13-18-16-26-20-10-6-5-9-19(18)20)29-24(31)15-25(32)11-7-4-8-12-25/h5-6,9-10,14,16,21,26,32H,4,7-8,11-13,15H2,1-3H3,(H,29,31). The molecule has 32 heavy (non-hydrogen) atoms. The van der Waals surface area contributed by atoms with Crippen molar-refractivity contribution in [3.05, 3.63) is 53.6 Å². The van der Waals surface area contributed by atoms with Gasteiger partial charge < -0.3 is 20.3 Å². The highest BCUT2D eigenvalue weighted by Gasteiger charge is 2.32. The van der Waals surface area contributed by atoms with Gasteiger partial charge in [0.05, 0.1) is 23.8 Å². The first-order valence-corrected chi connectivity index (χ1v) is 11.4. The lowest BCUT2D eigenvalue weighted by atomic mass is 9.82. The first-order valence-electron chi connectivity index (χ1n) is 11.4. The van der Waals surface area contributed by atoms with Crippen LogP contribution in [0.1, 0.15) is 61.6 Å². The monoisotopic (exact) mass is 435 g/mol. The number of aliphatic hydroxyl groups is 1. The molecule has 1 aliphatic rings. The minimum Gasteiger partial charge on any atom is -0.389 e. The van der Waals surface area contributed by atoms with Crippen LogP contribution in [0.5, 0.6) is 0 Å². The molecule has 170 valence electrons. The topological polar surface area (TPSA) is 94.1 Å². The number of fused-ring (bicyclic) bond motifs is 1. The maximum atomic E-state index is 13.1. The molecular weight excluding hydrogens is 402 g/mol. The Morgan fingerprint density at radius 1 is 1.22 bits per heavy atom. The van der Waals surface area contributed by atoms with Gasteiger partial charge in [-0.25, -0.2) is 9.97 Å². The fourth-order valence-electron chi connectivity index (χ4n) is 4.66. The number of H-pyrrole nitrogens is 1. The molecule has 0 bridgehead atoms. The summed E-state index contributed by atoms with van der Waals surface area (Å²) in [6, 6.07) is 9.76. The van der Waals surface area contributed by atoms with Gasteiger partial charge in [0, 0.05) is 43.7 Å². The highest BCUT2D eigenvalue weighted by atomic mass is 16.3. The van der Waals surface area contributed by atoms with Crippen molar-refractivity contribution in [3.63, 3.8) is 0 Å². The molecule has 2 heterocycles. The molecule has 1 aliphatic carbocycles. The SMILES string of the molecule is Cc1nc(C(Cc2c[nH]c3ccccc23)NC(=O)CC2(O)CCCCC2)cc(N(C)C)n1. The summed E-state index contributed by atoms with van der Waals surface area (Å²) in [6.45, 7) is 1.87. The molecule has 3 N–H and O–H groups in total. The molecule has 7 nitrogen and oxygen atoms in total. The fraction of sp³-hybridized carbons (Fsp3) is 0.480. The summed E-state index contributed by atoms with van der Waals surface area (Å²) in [4.78, 5) is 27.5. The number of hydrogen-bond acceptors (Lipinski definition) is 5. The Morgan fingerprint density at radius 3 is 2.72 bits per heavy atom. The average molecular weight is 436 g/mol.